The van der Waals surface area contributed by atoms with Gasteiger partial charge in [0.25, 0.3) is 0 Å². The van der Waals surface area contributed by atoms with E-state index < -0.39 is 0 Å². The Labute approximate surface area is 235 Å². The van der Waals surface area contributed by atoms with E-state index in [1.54, 1.807) is 0 Å². The molecule has 3 nitrogen and oxygen atoms in total. The van der Waals surface area contributed by atoms with Crippen LogP contribution in [-0.2, 0) is 0 Å². The van der Waals surface area contributed by atoms with Gasteiger partial charge in [-0.05, 0) is 48.0 Å². The Kier molecular flexibility index (Phi) is 3.93. The molecule has 0 saturated carbocycles. The fourth-order valence-electron chi connectivity index (χ4n) is 7.34. The van der Waals surface area contributed by atoms with Crippen molar-refractivity contribution in [2.75, 3.05) is 0 Å². The molecule has 0 fully saturated rings. The summed E-state index contributed by atoms with van der Waals surface area (Å²) in [6.07, 6.45) is 0. The van der Waals surface area contributed by atoms with Crippen LogP contribution in [0.2, 0.25) is 0 Å². The van der Waals surface area contributed by atoms with Gasteiger partial charge in [-0.25, -0.2) is 0 Å². The number of para-hydroxylation sites is 6. The molecule has 10 aromatic rings. The van der Waals surface area contributed by atoms with Crippen LogP contribution in [0.3, 0.4) is 0 Å². The number of rotatable bonds is 2. The predicted molar refractivity (Wildman–Crippen MR) is 172 cm³/mol. The summed E-state index contributed by atoms with van der Waals surface area (Å²) in [5.41, 5.74) is 12.4. The summed E-state index contributed by atoms with van der Waals surface area (Å²) in [4.78, 5) is 0. The topological polar surface area (TPSA) is 13.8 Å². The molecular weight excluding hydrogens is 498 g/mol. The Bertz CT molecular complexity index is 2570. The third-order valence-corrected chi connectivity index (χ3v) is 8.97. The van der Waals surface area contributed by atoms with Crippen LogP contribution < -0.4 is 0 Å². The average Bonchev–Trinajstić information content (AvgIpc) is 3.75. The van der Waals surface area contributed by atoms with Crippen molar-refractivity contribution < 1.29 is 0 Å². The van der Waals surface area contributed by atoms with Gasteiger partial charge in [-0.2, -0.15) is 0 Å². The summed E-state index contributed by atoms with van der Waals surface area (Å²) in [6, 6.07) is 50.8. The highest BCUT2D eigenvalue weighted by Gasteiger charge is 2.24. The largest absolute Gasteiger partial charge is 0.309 e. The Hall–Kier alpha value is -5.54. The maximum atomic E-state index is 2.48. The summed E-state index contributed by atoms with van der Waals surface area (Å²) in [7, 11) is 0. The first-order chi connectivity index (χ1) is 20.4. The Morgan fingerprint density at radius 1 is 0.366 bits per heavy atom. The number of benzene rings is 6. The van der Waals surface area contributed by atoms with Gasteiger partial charge in [0, 0.05) is 38.2 Å². The minimum atomic E-state index is 1.17. The molecule has 0 spiro atoms. The molecule has 0 unspecified atom stereocenters. The molecule has 10 rings (SSSR count). The summed E-state index contributed by atoms with van der Waals surface area (Å²) in [5.74, 6) is 0. The van der Waals surface area contributed by atoms with Gasteiger partial charge in [-0.3, -0.25) is 8.80 Å². The van der Waals surface area contributed by atoms with Crippen molar-refractivity contribution >= 4 is 65.7 Å². The van der Waals surface area contributed by atoms with Crippen LogP contribution in [0.1, 0.15) is 0 Å². The maximum absolute atomic E-state index is 2.48. The quantitative estimate of drug-likeness (QED) is 0.215. The lowest BCUT2D eigenvalue weighted by atomic mass is 10.0. The third kappa shape index (κ3) is 2.59. The number of fused-ring (bicyclic) bond motifs is 12. The van der Waals surface area contributed by atoms with Gasteiger partial charge in [0.2, 0.25) is 0 Å². The molecule has 0 amide bonds. The van der Waals surface area contributed by atoms with E-state index in [4.69, 9.17) is 0 Å². The molecule has 0 radical (unpaired) electrons. The van der Waals surface area contributed by atoms with Crippen LogP contribution in [0.15, 0.2) is 140 Å². The number of nitrogens with zero attached hydrogens (tertiary/aromatic N) is 3. The van der Waals surface area contributed by atoms with Crippen molar-refractivity contribution in [3.63, 3.8) is 0 Å². The highest BCUT2D eigenvalue weighted by molar-refractivity contribution is 6.25. The summed E-state index contributed by atoms with van der Waals surface area (Å²) < 4.78 is 7.30. The van der Waals surface area contributed by atoms with Crippen molar-refractivity contribution in [3.05, 3.63) is 140 Å². The van der Waals surface area contributed by atoms with Gasteiger partial charge >= 0.3 is 0 Å². The van der Waals surface area contributed by atoms with Crippen molar-refractivity contribution in [3.8, 4) is 16.8 Å². The zero-order valence-corrected chi connectivity index (χ0v) is 22.1. The molecule has 0 atom stereocenters. The highest BCUT2D eigenvalue weighted by atomic mass is 15.1. The van der Waals surface area contributed by atoms with Gasteiger partial charge in [0.05, 0.1) is 33.1 Å². The van der Waals surface area contributed by atoms with E-state index in [1.165, 1.54) is 82.5 Å². The van der Waals surface area contributed by atoms with Crippen molar-refractivity contribution in [2.24, 2.45) is 0 Å². The van der Waals surface area contributed by atoms with Crippen molar-refractivity contribution in [1.29, 1.82) is 0 Å². The van der Waals surface area contributed by atoms with Crippen LogP contribution >= 0.6 is 0 Å². The Morgan fingerprint density at radius 3 is 1.59 bits per heavy atom. The minimum Gasteiger partial charge on any atom is -0.309 e. The predicted octanol–water partition coefficient (Wildman–Crippen LogP) is 9.85. The lowest BCUT2D eigenvalue weighted by Crippen LogP contribution is -1.94. The van der Waals surface area contributed by atoms with Crippen molar-refractivity contribution in [2.45, 2.75) is 0 Å². The van der Waals surface area contributed by atoms with Crippen LogP contribution in [0, 0.1) is 0 Å². The van der Waals surface area contributed by atoms with Crippen LogP contribution in [0.4, 0.5) is 0 Å². The van der Waals surface area contributed by atoms with E-state index in [0.29, 0.717) is 0 Å². The second-order valence-corrected chi connectivity index (χ2v) is 11.0. The smallest absolute Gasteiger partial charge is 0.131 e. The zero-order chi connectivity index (χ0) is 26.7. The van der Waals surface area contributed by atoms with Crippen LogP contribution in [0.5, 0.6) is 0 Å². The van der Waals surface area contributed by atoms with E-state index in [9.17, 15) is 0 Å². The number of hydrogen-bond donors (Lipinski definition) is 0. The molecule has 3 heteroatoms. The Morgan fingerprint density at radius 2 is 0.902 bits per heavy atom. The first-order valence-electron chi connectivity index (χ1n) is 14.1. The van der Waals surface area contributed by atoms with E-state index in [1.807, 2.05) is 0 Å². The van der Waals surface area contributed by atoms with Gasteiger partial charge in [0.1, 0.15) is 5.65 Å². The van der Waals surface area contributed by atoms with Gasteiger partial charge < -0.3 is 4.57 Å². The molecule has 4 aromatic heterocycles. The molecule has 0 aliphatic carbocycles. The normalized spacial score (nSPS) is 12.4. The first kappa shape index (κ1) is 21.3. The van der Waals surface area contributed by atoms with E-state index >= 15 is 0 Å². The lowest BCUT2D eigenvalue weighted by molar-refractivity contribution is 1.18. The second-order valence-electron chi connectivity index (χ2n) is 11.0. The third-order valence-electron chi connectivity index (χ3n) is 8.97. The number of hydrogen-bond acceptors (Lipinski definition) is 0. The first-order valence-corrected chi connectivity index (χ1v) is 14.1. The molecule has 0 N–H and O–H groups in total. The second kappa shape index (κ2) is 7.56. The van der Waals surface area contributed by atoms with Gasteiger partial charge in [0.15, 0.2) is 0 Å². The van der Waals surface area contributed by atoms with Crippen LogP contribution in [-0.4, -0.2) is 13.4 Å². The molecule has 190 valence electrons. The molecule has 4 heterocycles. The summed E-state index contributed by atoms with van der Waals surface area (Å²) >= 11 is 0. The molecule has 41 heavy (non-hydrogen) atoms. The zero-order valence-electron chi connectivity index (χ0n) is 22.1. The molecule has 0 aliphatic heterocycles. The monoisotopic (exact) mass is 521 g/mol. The molecule has 0 aliphatic rings. The number of aromatic nitrogens is 3. The van der Waals surface area contributed by atoms with Crippen molar-refractivity contribution in [1.82, 2.24) is 13.4 Å². The highest BCUT2D eigenvalue weighted by Crippen LogP contribution is 2.44. The maximum Gasteiger partial charge on any atom is 0.131 e. The fourth-order valence-corrected chi connectivity index (χ4v) is 7.34. The number of imidazole rings is 1. The minimum absolute atomic E-state index is 1.17. The van der Waals surface area contributed by atoms with E-state index in [0.717, 1.165) is 0 Å². The van der Waals surface area contributed by atoms with E-state index in [-0.39, 0.29) is 0 Å². The standard InChI is InChI=1S/C38H23N3/c1-4-15-31-27(10-1)28-11-2-5-16-32(28)39(31)25-22-20-24(21-23-25)26-13-9-14-30-36-29-12-3-6-17-33(29)40-34-18-7-8-19-35(34)41(37(26)30)38(36)40/h1-23H. The fraction of sp³-hybridized carbons (Fsp3) is 0. The molecule has 6 aromatic carbocycles. The SMILES string of the molecule is c1ccc2c(c1)c1ccccc1n2-c1ccc(-c2cccc3c4c5ccccc5n5c6ccccc6n(c23)c45)cc1. The molecular formula is C38H23N3. The summed E-state index contributed by atoms with van der Waals surface area (Å²) in [6.45, 7) is 0. The van der Waals surface area contributed by atoms with E-state index in [2.05, 4.69) is 153 Å². The molecule has 0 bridgehead atoms. The molecule has 0 saturated heterocycles. The van der Waals surface area contributed by atoms with Gasteiger partial charge in [-0.1, -0.05) is 97.1 Å². The van der Waals surface area contributed by atoms with Gasteiger partial charge in [-0.15, -0.1) is 0 Å². The Balaban J connectivity index is 1.26. The average molecular weight is 522 g/mol. The lowest BCUT2D eigenvalue weighted by Gasteiger charge is -2.10. The summed E-state index contributed by atoms with van der Waals surface area (Å²) in [5, 5.41) is 6.50. The van der Waals surface area contributed by atoms with Crippen LogP contribution in [0.25, 0.3) is 82.5 Å².